The summed E-state index contributed by atoms with van der Waals surface area (Å²) in [6, 6.07) is 10.7. The fraction of sp³-hybridized carbons (Fsp3) is 0.471. The zero-order valence-corrected chi connectivity index (χ0v) is 24.6. The third kappa shape index (κ3) is 5.05. The van der Waals surface area contributed by atoms with Crippen molar-refractivity contribution in [1.82, 2.24) is 14.3 Å². The molecule has 0 amide bonds. The molecule has 41 heavy (non-hydrogen) atoms. The van der Waals surface area contributed by atoms with E-state index in [4.69, 9.17) is 14.6 Å². The minimum atomic E-state index is -0.869. The van der Waals surface area contributed by atoms with Crippen molar-refractivity contribution in [1.29, 1.82) is 0 Å². The number of rotatable bonds is 7. The summed E-state index contributed by atoms with van der Waals surface area (Å²) in [5.74, 6) is 0.125. The van der Waals surface area contributed by atoms with Gasteiger partial charge in [-0.25, -0.2) is 4.79 Å². The Balaban J connectivity index is 1.42. The molecule has 0 saturated heterocycles. The van der Waals surface area contributed by atoms with E-state index in [-0.39, 0.29) is 0 Å². The Labute approximate surface area is 242 Å². The van der Waals surface area contributed by atoms with Crippen LogP contribution in [0.4, 0.5) is 0 Å². The second-order valence-electron chi connectivity index (χ2n) is 11.5. The third-order valence-corrected chi connectivity index (χ3v) is 8.90. The van der Waals surface area contributed by atoms with Crippen molar-refractivity contribution in [3.8, 4) is 16.9 Å². The van der Waals surface area contributed by atoms with E-state index in [0.29, 0.717) is 38.5 Å². The standard InChI is InChI=1S/C34H41N3O4/c1-4-27-31-28(36(3)35-27)21-40-19-8-7-18-37-32-26(17-16-22(2)30(31)32)25(33(37)34(38)39)14-10-20-41-29-15-9-12-23-11-5-6-13-24(23)29/h9,12,15-17H,4-8,10-11,13-14,18-21H2,1-3H3,(H,38,39). The Morgan fingerprint density at radius 1 is 1.10 bits per heavy atom. The molecule has 3 heterocycles. The van der Waals surface area contributed by atoms with Crippen LogP contribution < -0.4 is 4.74 Å². The number of hydrogen-bond donors (Lipinski definition) is 1. The number of benzene rings is 2. The van der Waals surface area contributed by atoms with Gasteiger partial charge in [0.1, 0.15) is 11.4 Å². The van der Waals surface area contributed by atoms with Crippen molar-refractivity contribution in [3.63, 3.8) is 0 Å². The van der Waals surface area contributed by atoms with Gasteiger partial charge in [0, 0.05) is 36.7 Å². The molecule has 0 fully saturated rings. The van der Waals surface area contributed by atoms with Crippen LogP contribution in [0, 0.1) is 6.92 Å². The summed E-state index contributed by atoms with van der Waals surface area (Å²) < 4.78 is 16.4. The lowest BCUT2D eigenvalue weighted by Crippen LogP contribution is -2.12. The van der Waals surface area contributed by atoms with Gasteiger partial charge in [0.15, 0.2) is 0 Å². The van der Waals surface area contributed by atoms with E-state index in [1.807, 2.05) is 11.7 Å². The van der Waals surface area contributed by atoms with Gasteiger partial charge in [-0.05, 0) is 93.0 Å². The molecule has 0 radical (unpaired) electrons. The highest BCUT2D eigenvalue weighted by molar-refractivity contribution is 6.05. The predicted molar refractivity (Wildman–Crippen MR) is 161 cm³/mol. The van der Waals surface area contributed by atoms with Crippen molar-refractivity contribution in [2.75, 3.05) is 13.2 Å². The summed E-state index contributed by atoms with van der Waals surface area (Å²) in [5, 5.41) is 16.5. The minimum absolute atomic E-state index is 0.410. The van der Waals surface area contributed by atoms with Crippen molar-refractivity contribution >= 4 is 16.9 Å². The van der Waals surface area contributed by atoms with E-state index >= 15 is 0 Å². The maximum atomic E-state index is 12.9. The third-order valence-electron chi connectivity index (χ3n) is 8.90. The molecule has 1 N–H and O–H groups in total. The highest BCUT2D eigenvalue weighted by atomic mass is 16.5. The van der Waals surface area contributed by atoms with Crippen LogP contribution in [0.15, 0.2) is 30.3 Å². The lowest BCUT2D eigenvalue weighted by molar-refractivity contribution is 0.0683. The van der Waals surface area contributed by atoms with E-state index in [9.17, 15) is 9.90 Å². The number of carboxylic acid groups (broad SMARTS) is 1. The first-order chi connectivity index (χ1) is 20.0. The maximum absolute atomic E-state index is 12.9. The Bertz CT molecular complexity index is 1600. The van der Waals surface area contributed by atoms with Crippen LogP contribution in [-0.2, 0) is 50.6 Å². The number of carboxylic acids is 1. The first kappa shape index (κ1) is 27.6. The largest absolute Gasteiger partial charge is 0.493 e. The summed E-state index contributed by atoms with van der Waals surface area (Å²) in [6.45, 7) is 6.58. The number of aromatic nitrogens is 3. The first-order valence-electron chi connectivity index (χ1n) is 15.2. The molecular weight excluding hydrogens is 514 g/mol. The van der Waals surface area contributed by atoms with Gasteiger partial charge in [0.25, 0.3) is 0 Å². The summed E-state index contributed by atoms with van der Waals surface area (Å²) in [6.07, 6.45) is 8.57. The van der Waals surface area contributed by atoms with E-state index in [1.54, 1.807) is 0 Å². The van der Waals surface area contributed by atoms with Gasteiger partial charge in [0.2, 0.25) is 0 Å². The van der Waals surface area contributed by atoms with Crippen molar-refractivity contribution in [3.05, 3.63) is 69.7 Å². The predicted octanol–water partition coefficient (Wildman–Crippen LogP) is 6.81. The molecule has 7 nitrogen and oxygen atoms in total. The second-order valence-corrected chi connectivity index (χ2v) is 11.5. The molecule has 2 aliphatic rings. The molecule has 0 bridgehead atoms. The second kappa shape index (κ2) is 11.7. The van der Waals surface area contributed by atoms with Crippen molar-refractivity contribution in [2.24, 2.45) is 7.05 Å². The lowest BCUT2D eigenvalue weighted by Gasteiger charge is -2.19. The highest BCUT2D eigenvalue weighted by Gasteiger charge is 2.28. The summed E-state index contributed by atoms with van der Waals surface area (Å²) in [5.41, 5.74) is 10.5. The van der Waals surface area contributed by atoms with Crippen molar-refractivity contribution in [2.45, 2.75) is 84.8 Å². The van der Waals surface area contributed by atoms with Crippen LogP contribution in [0.5, 0.6) is 5.75 Å². The van der Waals surface area contributed by atoms with Gasteiger partial charge in [0.05, 0.1) is 30.1 Å². The number of aryl methyl sites for hydroxylation is 6. The van der Waals surface area contributed by atoms with Gasteiger partial charge in [-0.1, -0.05) is 31.2 Å². The van der Waals surface area contributed by atoms with Crippen LogP contribution in [0.3, 0.4) is 0 Å². The number of ether oxygens (including phenoxy) is 2. The van der Waals surface area contributed by atoms with Crippen LogP contribution in [0.2, 0.25) is 0 Å². The molecule has 0 spiro atoms. The molecule has 1 aliphatic carbocycles. The van der Waals surface area contributed by atoms with E-state index in [2.05, 4.69) is 48.7 Å². The van der Waals surface area contributed by atoms with E-state index in [0.717, 1.165) is 88.8 Å². The Hall–Kier alpha value is -3.58. The minimum Gasteiger partial charge on any atom is -0.493 e. The topological polar surface area (TPSA) is 78.5 Å². The zero-order chi connectivity index (χ0) is 28.5. The average Bonchev–Trinajstić information content (AvgIpc) is 3.45. The number of fused-ring (bicyclic) bond motifs is 3. The van der Waals surface area contributed by atoms with E-state index < -0.39 is 5.97 Å². The van der Waals surface area contributed by atoms with Crippen LogP contribution in [0.1, 0.15) is 83.2 Å². The maximum Gasteiger partial charge on any atom is 0.352 e. The van der Waals surface area contributed by atoms with Crippen LogP contribution >= 0.6 is 0 Å². The molecule has 4 aromatic rings. The molecular formula is C34H41N3O4. The zero-order valence-electron chi connectivity index (χ0n) is 24.6. The van der Waals surface area contributed by atoms with Crippen LogP contribution in [-0.4, -0.2) is 38.6 Å². The van der Waals surface area contributed by atoms with Gasteiger partial charge >= 0.3 is 5.97 Å². The monoisotopic (exact) mass is 555 g/mol. The fourth-order valence-electron chi connectivity index (χ4n) is 6.93. The number of carbonyl (C=O) groups is 1. The SMILES string of the molecule is CCc1nn(C)c2c1-c1c(C)ccc3c(CCCOc4cccc5c4CCCC5)c(C(=O)O)n(c13)CCCCOC2. The molecule has 0 unspecified atom stereocenters. The van der Waals surface area contributed by atoms with Gasteiger partial charge in [-0.2, -0.15) is 5.10 Å². The average molecular weight is 556 g/mol. The summed E-state index contributed by atoms with van der Waals surface area (Å²) in [4.78, 5) is 12.9. The molecule has 1 aliphatic heterocycles. The summed E-state index contributed by atoms with van der Waals surface area (Å²) >= 11 is 0. The Kier molecular flexibility index (Phi) is 7.89. The number of aromatic carboxylic acids is 1. The molecule has 7 heteroatoms. The lowest BCUT2D eigenvalue weighted by atomic mass is 9.91. The molecule has 0 atom stereocenters. The van der Waals surface area contributed by atoms with Gasteiger partial charge in [-0.15, -0.1) is 0 Å². The first-order valence-corrected chi connectivity index (χ1v) is 15.2. The molecule has 2 aromatic carbocycles. The highest BCUT2D eigenvalue weighted by Crippen LogP contribution is 2.41. The number of nitrogens with zero attached hydrogens (tertiary/aromatic N) is 3. The fourth-order valence-corrected chi connectivity index (χ4v) is 6.93. The quantitative estimate of drug-likeness (QED) is 0.254. The molecule has 0 saturated carbocycles. The van der Waals surface area contributed by atoms with Gasteiger partial charge in [-0.3, -0.25) is 4.68 Å². The smallest absolute Gasteiger partial charge is 0.352 e. The molecule has 2 aromatic heterocycles. The molecule has 216 valence electrons. The summed E-state index contributed by atoms with van der Waals surface area (Å²) in [7, 11) is 1.98. The molecule has 6 rings (SSSR count). The van der Waals surface area contributed by atoms with Crippen LogP contribution in [0.25, 0.3) is 22.0 Å². The van der Waals surface area contributed by atoms with E-state index in [1.165, 1.54) is 24.0 Å². The Morgan fingerprint density at radius 3 is 2.78 bits per heavy atom. The van der Waals surface area contributed by atoms with Gasteiger partial charge < -0.3 is 19.1 Å². The normalized spacial score (nSPS) is 15.3. The number of hydrogen-bond acceptors (Lipinski definition) is 4. The Morgan fingerprint density at radius 2 is 1.95 bits per heavy atom. The van der Waals surface area contributed by atoms with Crippen molar-refractivity contribution < 1.29 is 19.4 Å².